The van der Waals surface area contributed by atoms with Gasteiger partial charge in [0.2, 0.25) is 0 Å². The lowest BCUT2D eigenvalue weighted by Crippen LogP contribution is -2.18. The summed E-state index contributed by atoms with van der Waals surface area (Å²) in [6.07, 6.45) is 9.88. The van der Waals surface area contributed by atoms with E-state index in [0.717, 1.165) is 12.8 Å². The highest BCUT2D eigenvalue weighted by molar-refractivity contribution is 5.80. The minimum Gasteiger partial charge on any atom is -0.302 e. The molecule has 0 saturated heterocycles. The van der Waals surface area contributed by atoms with Gasteiger partial charge in [0.05, 0.1) is 12.4 Å². The average Bonchev–Trinajstić information content (AvgIpc) is 2.94. The molecule has 0 saturated carbocycles. The number of aryl methyl sites for hydroxylation is 1. The summed E-state index contributed by atoms with van der Waals surface area (Å²) in [5, 5.41) is 5.18. The topological polar surface area (TPSA) is 52.7 Å². The number of aromatic nitrogens is 4. The van der Waals surface area contributed by atoms with E-state index in [-0.39, 0.29) is 11.6 Å². The predicted octanol–water partition coefficient (Wildman–Crippen LogP) is 3.81. The molecule has 0 fully saturated rings. The van der Waals surface area contributed by atoms with Crippen molar-refractivity contribution in [3.8, 4) is 11.8 Å². The summed E-state index contributed by atoms with van der Waals surface area (Å²) >= 11 is 0. The van der Waals surface area contributed by atoms with Gasteiger partial charge >= 0.3 is 0 Å². The van der Waals surface area contributed by atoms with Crippen molar-refractivity contribution in [1.29, 1.82) is 0 Å². The molecule has 0 N–H and O–H groups in total. The highest BCUT2D eigenvalue weighted by Gasteiger charge is 2.19. The first-order chi connectivity index (χ1) is 11.6. The van der Waals surface area contributed by atoms with Gasteiger partial charge < -0.3 is 4.57 Å². The van der Waals surface area contributed by atoms with Crippen LogP contribution in [-0.4, -0.2) is 19.3 Å². The molecule has 2 aromatic rings. The first-order valence-corrected chi connectivity index (χ1v) is 9.00. The molecule has 2 aromatic heterocycles. The molecular formula is C19H28N4O. The molecule has 24 heavy (non-hydrogen) atoms. The minimum atomic E-state index is -0.0817. The minimum absolute atomic E-state index is 0.0817. The Morgan fingerprint density at radius 2 is 1.96 bits per heavy atom. The Balaban J connectivity index is 2.34. The van der Waals surface area contributed by atoms with Gasteiger partial charge in [-0.2, -0.15) is 5.10 Å². The van der Waals surface area contributed by atoms with E-state index in [1.165, 1.54) is 36.7 Å². The fourth-order valence-corrected chi connectivity index (χ4v) is 3.06. The molecule has 5 heteroatoms. The summed E-state index contributed by atoms with van der Waals surface area (Å²) in [4.78, 5) is 16.9. The molecule has 130 valence electrons. The Morgan fingerprint density at radius 1 is 1.21 bits per heavy atom. The summed E-state index contributed by atoms with van der Waals surface area (Å²) in [6.45, 7) is 6.15. The van der Waals surface area contributed by atoms with Gasteiger partial charge in [0.15, 0.2) is 5.65 Å². The molecule has 0 radical (unpaired) electrons. The third-order valence-corrected chi connectivity index (χ3v) is 4.47. The van der Waals surface area contributed by atoms with Gasteiger partial charge in [0, 0.05) is 7.05 Å². The second-order valence-corrected chi connectivity index (χ2v) is 6.29. The van der Waals surface area contributed by atoms with Crippen molar-refractivity contribution in [1.82, 2.24) is 19.3 Å². The SMILES string of the molecule is CC#Cc1nn(C(CC)CCCCCCC)c2ncn(C)c(=O)c12. The first-order valence-electron chi connectivity index (χ1n) is 9.00. The molecule has 2 rings (SSSR count). The zero-order chi connectivity index (χ0) is 17.5. The van der Waals surface area contributed by atoms with Crippen LogP contribution in [0, 0.1) is 11.8 Å². The molecule has 0 aliphatic carbocycles. The molecule has 0 aliphatic heterocycles. The van der Waals surface area contributed by atoms with E-state index in [9.17, 15) is 4.79 Å². The van der Waals surface area contributed by atoms with Crippen molar-refractivity contribution >= 4 is 11.0 Å². The van der Waals surface area contributed by atoms with Gasteiger partial charge in [-0.3, -0.25) is 4.79 Å². The zero-order valence-electron chi connectivity index (χ0n) is 15.3. The fraction of sp³-hybridized carbons (Fsp3) is 0.632. The van der Waals surface area contributed by atoms with Crippen LogP contribution in [0.2, 0.25) is 0 Å². The van der Waals surface area contributed by atoms with Crippen molar-refractivity contribution in [3.05, 3.63) is 22.4 Å². The van der Waals surface area contributed by atoms with E-state index >= 15 is 0 Å². The average molecular weight is 328 g/mol. The number of unbranched alkanes of at least 4 members (excludes halogenated alkanes) is 4. The highest BCUT2D eigenvalue weighted by Crippen LogP contribution is 2.24. The van der Waals surface area contributed by atoms with E-state index in [1.807, 2.05) is 4.68 Å². The molecule has 1 atom stereocenters. The van der Waals surface area contributed by atoms with Crippen LogP contribution in [0.15, 0.2) is 11.1 Å². The zero-order valence-corrected chi connectivity index (χ0v) is 15.3. The lowest BCUT2D eigenvalue weighted by molar-refractivity contribution is 0.401. The first kappa shape index (κ1) is 18.3. The quantitative estimate of drug-likeness (QED) is 0.547. The number of fused-ring (bicyclic) bond motifs is 1. The molecule has 1 unspecified atom stereocenters. The molecule has 0 aliphatic rings. The Kier molecular flexibility index (Phi) is 6.60. The second kappa shape index (κ2) is 8.68. The van der Waals surface area contributed by atoms with Crippen LogP contribution in [0.1, 0.15) is 77.5 Å². The van der Waals surface area contributed by atoms with Crippen LogP contribution >= 0.6 is 0 Å². The van der Waals surface area contributed by atoms with Crippen molar-refractivity contribution in [2.75, 3.05) is 0 Å². The van der Waals surface area contributed by atoms with E-state index in [2.05, 4.69) is 35.8 Å². The molecule has 0 bridgehead atoms. The summed E-state index contributed by atoms with van der Waals surface area (Å²) < 4.78 is 3.41. The molecule has 0 spiro atoms. The molecule has 2 heterocycles. The third kappa shape index (κ3) is 3.87. The fourth-order valence-electron chi connectivity index (χ4n) is 3.06. The van der Waals surface area contributed by atoms with Crippen LogP contribution in [0.3, 0.4) is 0 Å². The van der Waals surface area contributed by atoms with E-state index < -0.39 is 0 Å². The summed E-state index contributed by atoms with van der Waals surface area (Å²) in [5.41, 5.74) is 1.13. The maximum Gasteiger partial charge on any atom is 0.265 e. The van der Waals surface area contributed by atoms with E-state index in [0.29, 0.717) is 16.7 Å². The number of hydrogen-bond donors (Lipinski definition) is 0. The van der Waals surface area contributed by atoms with Crippen LogP contribution < -0.4 is 5.56 Å². The van der Waals surface area contributed by atoms with Gasteiger partial charge in [-0.15, -0.1) is 0 Å². The van der Waals surface area contributed by atoms with Crippen molar-refractivity contribution in [2.45, 2.75) is 71.8 Å². The second-order valence-electron chi connectivity index (χ2n) is 6.29. The predicted molar refractivity (Wildman–Crippen MR) is 98.0 cm³/mol. The van der Waals surface area contributed by atoms with Crippen molar-refractivity contribution in [3.63, 3.8) is 0 Å². The maximum atomic E-state index is 12.5. The maximum absolute atomic E-state index is 12.5. The Hall–Kier alpha value is -2.09. The Bertz CT molecular complexity index is 791. The van der Waals surface area contributed by atoms with Gasteiger partial charge in [-0.25, -0.2) is 9.67 Å². The Morgan fingerprint density at radius 3 is 2.62 bits per heavy atom. The van der Waals surface area contributed by atoms with Gasteiger partial charge in [-0.05, 0) is 25.7 Å². The summed E-state index contributed by atoms with van der Waals surface area (Å²) in [7, 11) is 1.71. The smallest absolute Gasteiger partial charge is 0.265 e. The van der Waals surface area contributed by atoms with Crippen LogP contribution in [0.25, 0.3) is 11.0 Å². The summed E-state index contributed by atoms with van der Waals surface area (Å²) in [6, 6.07) is 0.265. The molecule has 0 amide bonds. The van der Waals surface area contributed by atoms with Crippen molar-refractivity contribution in [2.24, 2.45) is 7.05 Å². The Labute approximate surface area is 144 Å². The van der Waals surface area contributed by atoms with E-state index in [1.54, 1.807) is 20.3 Å². The van der Waals surface area contributed by atoms with Gasteiger partial charge in [-0.1, -0.05) is 51.9 Å². The summed E-state index contributed by atoms with van der Waals surface area (Å²) in [5.74, 6) is 5.82. The van der Waals surface area contributed by atoms with Crippen LogP contribution in [-0.2, 0) is 7.05 Å². The molecule has 0 aromatic carbocycles. The number of nitrogens with zero attached hydrogens (tertiary/aromatic N) is 4. The standard InChI is InChI=1S/C19H28N4O/c1-5-8-9-10-11-13-15(7-3)23-18-17(16(21-23)12-6-2)19(24)22(4)14-20-18/h14-15H,5,7-11,13H2,1-4H3. The molecular weight excluding hydrogens is 300 g/mol. The number of hydrogen-bond acceptors (Lipinski definition) is 3. The van der Waals surface area contributed by atoms with E-state index in [4.69, 9.17) is 0 Å². The monoisotopic (exact) mass is 328 g/mol. The lowest BCUT2D eigenvalue weighted by Gasteiger charge is -2.16. The van der Waals surface area contributed by atoms with Crippen LogP contribution in [0.4, 0.5) is 0 Å². The lowest BCUT2D eigenvalue weighted by atomic mass is 10.0. The largest absolute Gasteiger partial charge is 0.302 e. The molecule has 5 nitrogen and oxygen atoms in total. The normalized spacial score (nSPS) is 12.2. The third-order valence-electron chi connectivity index (χ3n) is 4.47. The van der Waals surface area contributed by atoms with Crippen LogP contribution in [0.5, 0.6) is 0 Å². The van der Waals surface area contributed by atoms with Gasteiger partial charge in [0.1, 0.15) is 11.1 Å². The highest BCUT2D eigenvalue weighted by atomic mass is 16.1. The van der Waals surface area contributed by atoms with Crippen molar-refractivity contribution < 1.29 is 0 Å². The van der Waals surface area contributed by atoms with Gasteiger partial charge in [0.25, 0.3) is 5.56 Å². The number of rotatable bonds is 8.